The SMILES string of the molecule is I.N#CSCCC(N)=O. The molecule has 52 valence electrons. The van der Waals surface area contributed by atoms with E-state index in [-0.39, 0.29) is 36.3 Å². The summed E-state index contributed by atoms with van der Waals surface area (Å²) in [6, 6.07) is 0. The Morgan fingerprint density at radius 2 is 2.33 bits per heavy atom. The fraction of sp³-hybridized carbons (Fsp3) is 0.500. The van der Waals surface area contributed by atoms with Crippen LogP contribution in [0.15, 0.2) is 0 Å². The Morgan fingerprint density at radius 1 is 1.78 bits per heavy atom. The summed E-state index contributed by atoms with van der Waals surface area (Å²) in [7, 11) is 0. The summed E-state index contributed by atoms with van der Waals surface area (Å²) in [5.74, 6) is 0.152. The Hall–Kier alpha value is 0.0400. The van der Waals surface area contributed by atoms with Crippen LogP contribution in [0.25, 0.3) is 0 Å². The maximum absolute atomic E-state index is 9.97. The zero-order valence-corrected chi connectivity index (χ0v) is 7.81. The molecule has 0 saturated carbocycles. The lowest BCUT2D eigenvalue weighted by Crippen LogP contribution is -2.10. The molecule has 0 radical (unpaired) electrons. The number of hydrogen-bond donors (Lipinski definition) is 1. The summed E-state index contributed by atoms with van der Waals surface area (Å²) in [5.41, 5.74) is 4.77. The second-order valence-electron chi connectivity index (χ2n) is 1.16. The normalized spacial score (nSPS) is 7.00. The molecule has 5 heteroatoms. The van der Waals surface area contributed by atoms with Crippen LogP contribution in [0, 0.1) is 10.7 Å². The number of nitrogens with two attached hydrogens (primary N) is 1. The van der Waals surface area contributed by atoms with Crippen molar-refractivity contribution in [1.29, 1.82) is 5.26 Å². The average molecular weight is 258 g/mol. The molecule has 1 amide bonds. The molecule has 2 N–H and O–H groups in total. The van der Waals surface area contributed by atoms with Crippen molar-refractivity contribution in [2.75, 3.05) is 5.75 Å². The van der Waals surface area contributed by atoms with Crippen LogP contribution in [0.1, 0.15) is 6.42 Å². The standard InChI is InChI=1S/C4H6N2OS.HI/c5-3-8-2-1-4(6)7;/h1-2H2,(H2,6,7);1H. The van der Waals surface area contributed by atoms with Gasteiger partial charge in [-0.05, 0) is 11.8 Å². The number of carbonyl (C=O) groups is 1. The van der Waals surface area contributed by atoms with Crippen LogP contribution < -0.4 is 5.73 Å². The quantitative estimate of drug-likeness (QED) is 0.460. The van der Waals surface area contributed by atoms with Crippen molar-refractivity contribution in [2.45, 2.75) is 6.42 Å². The lowest BCUT2D eigenvalue weighted by Gasteiger charge is -1.85. The lowest BCUT2D eigenvalue weighted by molar-refractivity contribution is -0.117. The van der Waals surface area contributed by atoms with E-state index in [1.807, 2.05) is 5.40 Å². The molecule has 0 aromatic carbocycles. The summed E-state index contributed by atoms with van der Waals surface area (Å²) < 4.78 is 0. The lowest BCUT2D eigenvalue weighted by atomic mass is 10.5. The Balaban J connectivity index is 0. The van der Waals surface area contributed by atoms with Gasteiger partial charge in [-0.3, -0.25) is 4.79 Å². The average Bonchev–Trinajstić information content (AvgIpc) is 1.66. The van der Waals surface area contributed by atoms with Gasteiger partial charge in [0, 0.05) is 12.2 Å². The van der Waals surface area contributed by atoms with Crippen molar-refractivity contribution in [3.63, 3.8) is 0 Å². The van der Waals surface area contributed by atoms with E-state index in [4.69, 9.17) is 11.0 Å². The molecule has 3 nitrogen and oxygen atoms in total. The minimum absolute atomic E-state index is 0. The highest BCUT2D eigenvalue weighted by atomic mass is 127. The van der Waals surface area contributed by atoms with Crippen molar-refractivity contribution in [1.82, 2.24) is 0 Å². The summed E-state index contributed by atoms with van der Waals surface area (Å²) in [6.07, 6.45) is 0.290. The highest BCUT2D eigenvalue weighted by molar-refractivity contribution is 14.0. The summed E-state index contributed by atoms with van der Waals surface area (Å²) in [5, 5.41) is 9.77. The van der Waals surface area contributed by atoms with E-state index in [1.165, 1.54) is 0 Å². The maximum Gasteiger partial charge on any atom is 0.218 e. The number of rotatable bonds is 3. The van der Waals surface area contributed by atoms with Crippen molar-refractivity contribution >= 4 is 41.6 Å². The van der Waals surface area contributed by atoms with Crippen LogP contribution in [-0.2, 0) is 4.79 Å². The van der Waals surface area contributed by atoms with Gasteiger partial charge in [0.1, 0.15) is 5.40 Å². The van der Waals surface area contributed by atoms with Gasteiger partial charge in [0.25, 0.3) is 0 Å². The van der Waals surface area contributed by atoms with E-state index >= 15 is 0 Å². The Kier molecular flexibility index (Phi) is 10.5. The monoisotopic (exact) mass is 258 g/mol. The first-order chi connectivity index (χ1) is 3.77. The van der Waals surface area contributed by atoms with Gasteiger partial charge in [-0.1, -0.05) is 0 Å². The van der Waals surface area contributed by atoms with E-state index in [0.29, 0.717) is 5.75 Å². The first-order valence-corrected chi connectivity index (χ1v) is 3.05. The van der Waals surface area contributed by atoms with E-state index in [9.17, 15) is 4.79 Å². The second-order valence-corrected chi connectivity index (χ2v) is 2.04. The van der Waals surface area contributed by atoms with Gasteiger partial charge in [-0.15, -0.1) is 24.0 Å². The molecule has 0 fully saturated rings. The second kappa shape index (κ2) is 8.04. The highest BCUT2D eigenvalue weighted by Gasteiger charge is 1.91. The molecule has 0 atom stereocenters. The van der Waals surface area contributed by atoms with Crippen LogP contribution in [0.5, 0.6) is 0 Å². The van der Waals surface area contributed by atoms with Gasteiger partial charge in [-0.2, -0.15) is 5.26 Å². The third-order valence-electron chi connectivity index (χ3n) is 0.515. The summed E-state index contributed by atoms with van der Waals surface area (Å²) >= 11 is 1.04. The number of thioether (sulfide) groups is 1. The molecule has 0 unspecified atom stereocenters. The minimum Gasteiger partial charge on any atom is -0.370 e. The highest BCUT2D eigenvalue weighted by Crippen LogP contribution is 1.96. The molecule has 0 aliphatic rings. The zero-order valence-electron chi connectivity index (χ0n) is 4.66. The number of amides is 1. The van der Waals surface area contributed by atoms with Crippen molar-refractivity contribution in [3.8, 4) is 5.40 Å². The Labute approximate surface area is 75.0 Å². The predicted molar refractivity (Wildman–Crippen MR) is 47.3 cm³/mol. The third kappa shape index (κ3) is 11.5. The van der Waals surface area contributed by atoms with Gasteiger partial charge < -0.3 is 5.73 Å². The molecule has 0 spiro atoms. The van der Waals surface area contributed by atoms with Crippen LogP contribution in [-0.4, -0.2) is 11.7 Å². The molecule has 0 heterocycles. The van der Waals surface area contributed by atoms with Crippen LogP contribution in [0.4, 0.5) is 0 Å². The van der Waals surface area contributed by atoms with E-state index in [0.717, 1.165) is 11.8 Å². The maximum atomic E-state index is 9.97. The number of halogens is 1. The molecule has 0 aliphatic heterocycles. The first-order valence-electron chi connectivity index (χ1n) is 2.06. The number of hydrogen-bond acceptors (Lipinski definition) is 3. The molecule has 0 aromatic rings. The van der Waals surface area contributed by atoms with E-state index in [2.05, 4.69) is 0 Å². The number of nitriles is 1. The summed E-state index contributed by atoms with van der Waals surface area (Å²) in [6.45, 7) is 0. The van der Waals surface area contributed by atoms with Crippen LogP contribution in [0.2, 0.25) is 0 Å². The molecular formula is C4H7IN2OS. The number of carbonyl (C=O) groups excluding carboxylic acids is 1. The molecule has 0 aromatic heterocycles. The van der Waals surface area contributed by atoms with Gasteiger partial charge in [-0.25, -0.2) is 0 Å². The van der Waals surface area contributed by atoms with Crippen molar-refractivity contribution < 1.29 is 4.79 Å². The van der Waals surface area contributed by atoms with Gasteiger partial charge >= 0.3 is 0 Å². The first kappa shape index (κ1) is 11.8. The Morgan fingerprint density at radius 3 is 2.67 bits per heavy atom. The van der Waals surface area contributed by atoms with E-state index < -0.39 is 0 Å². The van der Waals surface area contributed by atoms with Crippen molar-refractivity contribution in [2.24, 2.45) is 5.73 Å². The molecule has 9 heavy (non-hydrogen) atoms. The fourth-order valence-electron chi connectivity index (χ4n) is 0.197. The fourth-order valence-corrected chi connectivity index (χ4v) is 0.592. The number of thiocyanates is 1. The number of primary amides is 1. The topological polar surface area (TPSA) is 66.9 Å². The van der Waals surface area contributed by atoms with E-state index in [1.54, 1.807) is 0 Å². The molecule has 0 aliphatic carbocycles. The van der Waals surface area contributed by atoms with Crippen LogP contribution in [0.3, 0.4) is 0 Å². The van der Waals surface area contributed by atoms with Gasteiger partial charge in [0.15, 0.2) is 0 Å². The zero-order chi connectivity index (χ0) is 6.41. The smallest absolute Gasteiger partial charge is 0.218 e. The third-order valence-corrected chi connectivity index (χ3v) is 1.05. The predicted octanol–water partition coefficient (Wildman–Crippen LogP) is 0.694. The largest absolute Gasteiger partial charge is 0.370 e. The molecule has 0 bridgehead atoms. The van der Waals surface area contributed by atoms with Gasteiger partial charge in [0.2, 0.25) is 5.91 Å². The van der Waals surface area contributed by atoms with Gasteiger partial charge in [0.05, 0.1) is 0 Å². The summed E-state index contributed by atoms with van der Waals surface area (Å²) in [4.78, 5) is 9.97. The minimum atomic E-state index is -0.354. The molecular weight excluding hydrogens is 251 g/mol. The Bertz CT molecular complexity index is 122. The van der Waals surface area contributed by atoms with Crippen LogP contribution >= 0.6 is 35.7 Å². The molecule has 0 rings (SSSR count). The molecule has 0 saturated heterocycles. The van der Waals surface area contributed by atoms with Crippen molar-refractivity contribution in [3.05, 3.63) is 0 Å². The number of nitrogens with zero attached hydrogens (tertiary/aromatic N) is 1.